The van der Waals surface area contributed by atoms with E-state index in [0.717, 1.165) is 11.3 Å². The van der Waals surface area contributed by atoms with Gasteiger partial charge in [0.15, 0.2) is 0 Å². The average molecular weight is 341 g/mol. The molecule has 2 aromatic rings. The van der Waals surface area contributed by atoms with E-state index in [4.69, 9.17) is 0 Å². The number of amides is 2. The largest absolute Gasteiger partial charge is 0.361 e. The second-order valence-corrected chi connectivity index (χ2v) is 6.07. The quantitative estimate of drug-likeness (QED) is 0.899. The number of nitrogens with one attached hydrogen (secondary N) is 2. The molecule has 0 bridgehead atoms. The number of rotatable bonds is 4. The summed E-state index contributed by atoms with van der Waals surface area (Å²) in [5.41, 5.74) is 2.87. The van der Waals surface area contributed by atoms with Crippen molar-refractivity contribution in [3.05, 3.63) is 65.0 Å². The predicted octanol–water partition coefficient (Wildman–Crippen LogP) is 2.84. The lowest BCUT2D eigenvalue weighted by Gasteiger charge is -2.38. The number of hydrogen-bond donors (Lipinski definition) is 2. The van der Waals surface area contributed by atoms with Crippen molar-refractivity contribution in [3.8, 4) is 0 Å². The van der Waals surface area contributed by atoms with E-state index in [-0.39, 0.29) is 17.6 Å². The van der Waals surface area contributed by atoms with Crippen LogP contribution in [-0.4, -0.2) is 29.8 Å². The van der Waals surface area contributed by atoms with E-state index in [0.29, 0.717) is 24.2 Å². The van der Waals surface area contributed by atoms with Crippen LogP contribution in [0.2, 0.25) is 0 Å². The maximum Gasteiger partial charge on any atom is 0.257 e. The highest BCUT2D eigenvalue weighted by molar-refractivity contribution is 6.01. The van der Waals surface area contributed by atoms with Gasteiger partial charge in [0.2, 0.25) is 5.91 Å². The standard InChI is InChI=1S/C19H20FN3O2/c1-12-7-8-14(20)11-16(12)18-22-17-6-4-3-5-15(17)19(25)23(18)10-9-21-13(2)24/h3-8,11,18,22H,9-10H2,1-2H3,(H,21,24)/t18-/m1/s1. The van der Waals surface area contributed by atoms with Crippen LogP contribution in [0.15, 0.2) is 42.5 Å². The van der Waals surface area contributed by atoms with Crippen molar-refractivity contribution in [2.24, 2.45) is 0 Å². The zero-order valence-electron chi connectivity index (χ0n) is 14.2. The van der Waals surface area contributed by atoms with Crippen molar-refractivity contribution in [2.75, 3.05) is 18.4 Å². The Kier molecular flexibility index (Phi) is 4.70. The summed E-state index contributed by atoms with van der Waals surface area (Å²) >= 11 is 0. The number of halogens is 1. The SMILES string of the molecule is CC(=O)NCCN1C(=O)c2ccccc2N[C@H]1c1cc(F)ccc1C. The molecule has 130 valence electrons. The third kappa shape index (κ3) is 3.47. The van der Waals surface area contributed by atoms with E-state index in [9.17, 15) is 14.0 Å². The highest BCUT2D eigenvalue weighted by atomic mass is 19.1. The van der Waals surface area contributed by atoms with Gasteiger partial charge in [-0.2, -0.15) is 0 Å². The van der Waals surface area contributed by atoms with E-state index < -0.39 is 6.17 Å². The topological polar surface area (TPSA) is 61.4 Å². The Labute approximate surface area is 145 Å². The lowest BCUT2D eigenvalue weighted by atomic mass is 10.00. The fraction of sp³-hybridized carbons (Fsp3) is 0.263. The van der Waals surface area contributed by atoms with Crippen LogP contribution in [0.4, 0.5) is 10.1 Å². The van der Waals surface area contributed by atoms with Crippen LogP contribution in [0.5, 0.6) is 0 Å². The van der Waals surface area contributed by atoms with Gasteiger partial charge in [0.25, 0.3) is 5.91 Å². The zero-order chi connectivity index (χ0) is 18.0. The van der Waals surface area contributed by atoms with Crippen LogP contribution >= 0.6 is 0 Å². The van der Waals surface area contributed by atoms with Crippen molar-refractivity contribution >= 4 is 17.5 Å². The third-order valence-corrected chi connectivity index (χ3v) is 4.28. The van der Waals surface area contributed by atoms with Crippen LogP contribution in [0.25, 0.3) is 0 Å². The fourth-order valence-corrected chi connectivity index (χ4v) is 3.03. The number of hydrogen-bond acceptors (Lipinski definition) is 3. The predicted molar refractivity (Wildman–Crippen MR) is 93.7 cm³/mol. The molecule has 25 heavy (non-hydrogen) atoms. The molecule has 2 aromatic carbocycles. The van der Waals surface area contributed by atoms with Crippen LogP contribution in [0.3, 0.4) is 0 Å². The lowest BCUT2D eigenvalue weighted by molar-refractivity contribution is -0.119. The number of fused-ring (bicyclic) bond motifs is 1. The first kappa shape index (κ1) is 17.0. The number of benzene rings is 2. The Hall–Kier alpha value is -2.89. The van der Waals surface area contributed by atoms with Crippen LogP contribution in [-0.2, 0) is 4.79 Å². The van der Waals surface area contributed by atoms with E-state index >= 15 is 0 Å². The van der Waals surface area contributed by atoms with E-state index in [1.807, 2.05) is 19.1 Å². The molecule has 0 aromatic heterocycles. The molecule has 1 heterocycles. The summed E-state index contributed by atoms with van der Waals surface area (Å²) in [7, 11) is 0. The minimum absolute atomic E-state index is 0.145. The summed E-state index contributed by atoms with van der Waals surface area (Å²) in [6.07, 6.45) is -0.494. The Morgan fingerprint density at radius 2 is 2.04 bits per heavy atom. The van der Waals surface area contributed by atoms with Crippen LogP contribution in [0.1, 0.15) is 34.6 Å². The molecule has 0 spiro atoms. The molecule has 5 nitrogen and oxygen atoms in total. The molecule has 0 unspecified atom stereocenters. The summed E-state index contributed by atoms with van der Waals surface area (Å²) in [5.74, 6) is -0.653. The second-order valence-electron chi connectivity index (χ2n) is 6.07. The minimum atomic E-state index is -0.494. The summed E-state index contributed by atoms with van der Waals surface area (Å²) < 4.78 is 13.8. The molecule has 0 radical (unpaired) electrons. The van der Waals surface area contributed by atoms with Gasteiger partial charge in [-0.25, -0.2) is 4.39 Å². The van der Waals surface area contributed by atoms with Crippen molar-refractivity contribution in [1.82, 2.24) is 10.2 Å². The lowest BCUT2D eigenvalue weighted by Crippen LogP contribution is -2.46. The normalized spacial score (nSPS) is 16.2. The average Bonchev–Trinajstić information content (AvgIpc) is 2.58. The highest BCUT2D eigenvalue weighted by Crippen LogP contribution is 2.34. The minimum Gasteiger partial charge on any atom is -0.361 e. The molecule has 3 rings (SSSR count). The molecule has 0 fully saturated rings. The molecule has 6 heteroatoms. The van der Waals surface area contributed by atoms with E-state index in [2.05, 4.69) is 10.6 Å². The first-order valence-corrected chi connectivity index (χ1v) is 8.14. The number of nitrogens with zero attached hydrogens (tertiary/aromatic N) is 1. The van der Waals surface area contributed by atoms with Gasteiger partial charge < -0.3 is 15.5 Å². The van der Waals surface area contributed by atoms with E-state index in [1.165, 1.54) is 19.1 Å². The monoisotopic (exact) mass is 341 g/mol. The zero-order valence-corrected chi connectivity index (χ0v) is 14.2. The number of para-hydroxylation sites is 1. The van der Waals surface area contributed by atoms with Gasteiger partial charge in [0, 0.05) is 31.3 Å². The second kappa shape index (κ2) is 6.93. The van der Waals surface area contributed by atoms with Crippen LogP contribution < -0.4 is 10.6 Å². The molecule has 1 atom stereocenters. The number of aryl methyl sites for hydroxylation is 1. The first-order chi connectivity index (χ1) is 12.0. The maximum absolute atomic E-state index is 13.8. The number of carbonyl (C=O) groups is 2. The molecular weight excluding hydrogens is 321 g/mol. The summed E-state index contributed by atoms with van der Waals surface area (Å²) in [6.45, 7) is 3.96. The van der Waals surface area contributed by atoms with Gasteiger partial charge in [-0.1, -0.05) is 18.2 Å². The van der Waals surface area contributed by atoms with Crippen LogP contribution in [0, 0.1) is 12.7 Å². The van der Waals surface area contributed by atoms with Crippen molar-refractivity contribution in [2.45, 2.75) is 20.0 Å². The maximum atomic E-state index is 13.8. The first-order valence-electron chi connectivity index (χ1n) is 8.14. The molecule has 2 amide bonds. The van der Waals surface area contributed by atoms with Gasteiger partial charge in [0.05, 0.1) is 5.56 Å². The fourth-order valence-electron chi connectivity index (χ4n) is 3.03. The molecule has 0 aliphatic carbocycles. The van der Waals surface area contributed by atoms with Crippen molar-refractivity contribution in [3.63, 3.8) is 0 Å². The summed E-state index contributed by atoms with van der Waals surface area (Å²) in [6, 6.07) is 11.8. The molecule has 1 aliphatic rings. The Balaban J connectivity index is 1.99. The Bertz CT molecular complexity index is 822. The van der Waals surface area contributed by atoms with Gasteiger partial charge in [-0.3, -0.25) is 9.59 Å². The van der Waals surface area contributed by atoms with Gasteiger partial charge >= 0.3 is 0 Å². The van der Waals surface area contributed by atoms with E-state index in [1.54, 1.807) is 23.1 Å². The Morgan fingerprint density at radius 1 is 1.28 bits per heavy atom. The van der Waals surface area contributed by atoms with Crippen molar-refractivity contribution in [1.29, 1.82) is 0 Å². The summed E-state index contributed by atoms with van der Waals surface area (Å²) in [4.78, 5) is 25.7. The van der Waals surface area contributed by atoms with Gasteiger partial charge in [-0.05, 0) is 36.8 Å². The molecular formula is C19H20FN3O2. The van der Waals surface area contributed by atoms with Gasteiger partial charge in [0.1, 0.15) is 12.0 Å². The number of anilines is 1. The molecule has 0 saturated carbocycles. The van der Waals surface area contributed by atoms with Crippen molar-refractivity contribution < 1.29 is 14.0 Å². The summed E-state index contributed by atoms with van der Waals surface area (Å²) in [5, 5.41) is 6.03. The Morgan fingerprint density at radius 3 is 2.80 bits per heavy atom. The molecule has 2 N–H and O–H groups in total. The molecule has 0 saturated heterocycles. The highest BCUT2D eigenvalue weighted by Gasteiger charge is 2.33. The molecule has 1 aliphatic heterocycles. The smallest absolute Gasteiger partial charge is 0.257 e. The van der Waals surface area contributed by atoms with Gasteiger partial charge in [-0.15, -0.1) is 0 Å². The third-order valence-electron chi connectivity index (χ3n) is 4.28. The number of carbonyl (C=O) groups excluding carboxylic acids is 2.